The van der Waals surface area contributed by atoms with Gasteiger partial charge in [0.1, 0.15) is 11.7 Å². The number of hydrogen-bond acceptors (Lipinski definition) is 4. The highest BCUT2D eigenvalue weighted by molar-refractivity contribution is 6.17. The van der Waals surface area contributed by atoms with E-state index in [1.807, 2.05) is 6.92 Å². The Labute approximate surface area is 110 Å². The van der Waals surface area contributed by atoms with Crippen LogP contribution in [0, 0.1) is 5.92 Å². The minimum atomic E-state index is -0.617. The number of rotatable bonds is 1. The van der Waals surface area contributed by atoms with E-state index in [4.69, 9.17) is 9.47 Å². The smallest absolute Gasteiger partial charge is 0.193 e. The van der Waals surface area contributed by atoms with Crippen LogP contribution in [0.5, 0.6) is 0 Å². The first-order valence-electron chi connectivity index (χ1n) is 6.57. The summed E-state index contributed by atoms with van der Waals surface area (Å²) in [7, 11) is 0. The Morgan fingerprint density at radius 1 is 1.16 bits per heavy atom. The molecule has 0 bridgehead atoms. The van der Waals surface area contributed by atoms with Crippen LogP contribution >= 0.6 is 0 Å². The van der Waals surface area contributed by atoms with Crippen molar-refractivity contribution in [2.75, 3.05) is 6.61 Å². The van der Waals surface area contributed by atoms with Crippen molar-refractivity contribution in [1.82, 2.24) is 0 Å². The van der Waals surface area contributed by atoms with Gasteiger partial charge in [-0.2, -0.15) is 0 Å². The Hall–Kier alpha value is -1.52. The van der Waals surface area contributed by atoms with Crippen LogP contribution in [0.25, 0.3) is 0 Å². The van der Waals surface area contributed by atoms with E-state index in [0.717, 1.165) is 0 Å². The van der Waals surface area contributed by atoms with Crippen molar-refractivity contribution in [2.24, 2.45) is 5.92 Å². The molecule has 2 saturated heterocycles. The van der Waals surface area contributed by atoms with E-state index < -0.39 is 6.10 Å². The number of benzene rings is 1. The summed E-state index contributed by atoms with van der Waals surface area (Å²) < 4.78 is 11.2. The van der Waals surface area contributed by atoms with Gasteiger partial charge >= 0.3 is 0 Å². The first-order chi connectivity index (χ1) is 9.10. The minimum Gasteiger partial charge on any atom is -0.367 e. The van der Waals surface area contributed by atoms with Gasteiger partial charge in [0.2, 0.25) is 0 Å². The Morgan fingerprint density at radius 3 is 2.42 bits per heavy atom. The van der Waals surface area contributed by atoms with Crippen molar-refractivity contribution in [1.29, 1.82) is 0 Å². The Morgan fingerprint density at radius 2 is 1.79 bits per heavy atom. The molecule has 2 heterocycles. The van der Waals surface area contributed by atoms with E-state index in [2.05, 4.69) is 0 Å². The molecule has 0 amide bonds. The number of ketones is 2. The van der Waals surface area contributed by atoms with Crippen molar-refractivity contribution in [2.45, 2.75) is 31.2 Å². The molecule has 0 aromatic heterocycles. The molecule has 4 heteroatoms. The topological polar surface area (TPSA) is 55.9 Å². The van der Waals surface area contributed by atoms with E-state index in [9.17, 15) is 9.59 Å². The Balaban J connectivity index is 1.73. The third-order valence-electron chi connectivity index (χ3n) is 4.48. The van der Waals surface area contributed by atoms with Crippen LogP contribution < -0.4 is 0 Å². The first kappa shape index (κ1) is 11.3. The maximum Gasteiger partial charge on any atom is 0.193 e. The molecule has 2 fully saturated rings. The molecule has 19 heavy (non-hydrogen) atoms. The predicted molar refractivity (Wildman–Crippen MR) is 66.2 cm³/mol. The summed E-state index contributed by atoms with van der Waals surface area (Å²) in [5.74, 6) is -0.368. The molecule has 4 nitrogen and oxygen atoms in total. The van der Waals surface area contributed by atoms with Crippen LogP contribution in [0.1, 0.15) is 34.1 Å². The molecule has 0 N–H and O–H groups in total. The zero-order valence-electron chi connectivity index (χ0n) is 10.6. The second kappa shape index (κ2) is 3.52. The molecule has 1 aliphatic carbocycles. The van der Waals surface area contributed by atoms with Gasteiger partial charge in [0.05, 0.1) is 18.6 Å². The summed E-state index contributed by atoms with van der Waals surface area (Å²) in [5.41, 5.74) is 0.737. The molecular weight excluding hydrogens is 244 g/mol. The lowest BCUT2D eigenvalue weighted by molar-refractivity contribution is 0.00169. The number of Topliss-reactive ketones (excluding diaryl/α,β-unsaturated/α-hetero) is 2. The normalized spacial score (nSPS) is 39.9. The number of epoxide rings is 1. The largest absolute Gasteiger partial charge is 0.367 e. The molecule has 0 saturated carbocycles. The maximum atomic E-state index is 12.5. The number of carbonyl (C=O) groups excluding carboxylic acids is 2. The fourth-order valence-electron chi connectivity index (χ4n) is 3.13. The quantitative estimate of drug-likeness (QED) is 0.718. The number of ether oxygens (including phenoxy) is 2. The van der Waals surface area contributed by atoms with Gasteiger partial charge in [-0.1, -0.05) is 24.3 Å². The second-order valence-electron chi connectivity index (χ2n) is 5.76. The van der Waals surface area contributed by atoms with Crippen molar-refractivity contribution in [3.05, 3.63) is 35.4 Å². The molecule has 3 aliphatic rings. The number of hydrogen-bond donors (Lipinski definition) is 0. The van der Waals surface area contributed by atoms with Crippen molar-refractivity contribution >= 4 is 11.6 Å². The fraction of sp³-hybridized carbons (Fsp3) is 0.467. The van der Waals surface area contributed by atoms with Gasteiger partial charge in [0.15, 0.2) is 11.6 Å². The van der Waals surface area contributed by atoms with Crippen LogP contribution in [0.2, 0.25) is 0 Å². The zero-order chi connectivity index (χ0) is 13.2. The molecule has 4 unspecified atom stereocenters. The van der Waals surface area contributed by atoms with Crippen molar-refractivity contribution < 1.29 is 19.1 Å². The molecule has 0 spiro atoms. The third-order valence-corrected chi connectivity index (χ3v) is 4.48. The van der Waals surface area contributed by atoms with Gasteiger partial charge in [-0.05, 0) is 13.3 Å². The average molecular weight is 258 g/mol. The van der Waals surface area contributed by atoms with Crippen LogP contribution in [0.4, 0.5) is 0 Å². The van der Waals surface area contributed by atoms with Crippen LogP contribution in [-0.2, 0) is 9.47 Å². The van der Waals surface area contributed by atoms with Crippen LogP contribution in [-0.4, -0.2) is 36.0 Å². The van der Waals surface area contributed by atoms with Gasteiger partial charge in [-0.3, -0.25) is 9.59 Å². The SMILES string of the molecule is CC1(C2CC3C(=O)c4ccccc4C(=O)C3O2)CO1. The lowest BCUT2D eigenvalue weighted by atomic mass is 9.78. The summed E-state index contributed by atoms with van der Waals surface area (Å²) in [4.78, 5) is 24.9. The lowest BCUT2D eigenvalue weighted by Gasteiger charge is -2.23. The molecule has 1 aromatic rings. The third kappa shape index (κ3) is 1.47. The highest BCUT2D eigenvalue weighted by atomic mass is 16.6. The standard InChI is InChI=1S/C15H14O4/c1-15(7-18-15)11-6-10-12(16)8-4-2-3-5-9(8)13(17)14(10)19-11/h2-5,10-11,14H,6-7H2,1H3. The molecule has 0 radical (unpaired) electrons. The predicted octanol–water partition coefficient (Wildman–Crippen LogP) is 1.63. The van der Waals surface area contributed by atoms with Gasteiger partial charge < -0.3 is 9.47 Å². The number of carbonyl (C=O) groups is 2. The number of fused-ring (bicyclic) bond motifs is 2. The monoisotopic (exact) mass is 258 g/mol. The molecule has 4 atom stereocenters. The van der Waals surface area contributed by atoms with Gasteiger partial charge in [-0.25, -0.2) is 0 Å². The summed E-state index contributed by atoms with van der Waals surface area (Å²) in [5, 5.41) is 0. The van der Waals surface area contributed by atoms with E-state index in [0.29, 0.717) is 24.2 Å². The van der Waals surface area contributed by atoms with Crippen LogP contribution in [0.3, 0.4) is 0 Å². The minimum absolute atomic E-state index is 0.0342. The Bertz CT molecular complexity index is 545. The molecule has 98 valence electrons. The molecule has 4 rings (SSSR count). The van der Waals surface area contributed by atoms with E-state index in [-0.39, 0.29) is 29.2 Å². The van der Waals surface area contributed by atoms with Crippen molar-refractivity contribution in [3.63, 3.8) is 0 Å². The van der Waals surface area contributed by atoms with E-state index in [1.165, 1.54) is 0 Å². The van der Waals surface area contributed by atoms with Gasteiger partial charge in [0, 0.05) is 11.1 Å². The highest BCUT2D eigenvalue weighted by Gasteiger charge is 2.57. The summed E-state index contributed by atoms with van der Waals surface area (Å²) in [6.07, 6.45) is -0.182. The molecule has 2 aliphatic heterocycles. The second-order valence-corrected chi connectivity index (χ2v) is 5.76. The maximum absolute atomic E-state index is 12.5. The van der Waals surface area contributed by atoms with Crippen LogP contribution in [0.15, 0.2) is 24.3 Å². The summed E-state index contributed by atoms with van der Waals surface area (Å²) >= 11 is 0. The highest BCUT2D eigenvalue weighted by Crippen LogP contribution is 2.44. The van der Waals surface area contributed by atoms with Gasteiger partial charge in [0.25, 0.3) is 0 Å². The first-order valence-corrected chi connectivity index (χ1v) is 6.57. The molecule has 1 aromatic carbocycles. The summed E-state index contributed by atoms with van der Waals surface area (Å²) in [6, 6.07) is 7.01. The summed E-state index contributed by atoms with van der Waals surface area (Å²) in [6.45, 7) is 2.61. The lowest BCUT2D eigenvalue weighted by Crippen LogP contribution is -2.38. The van der Waals surface area contributed by atoms with E-state index >= 15 is 0 Å². The van der Waals surface area contributed by atoms with Crippen molar-refractivity contribution in [3.8, 4) is 0 Å². The fourth-order valence-corrected chi connectivity index (χ4v) is 3.13. The Kier molecular flexibility index (Phi) is 2.10. The van der Waals surface area contributed by atoms with Gasteiger partial charge in [-0.15, -0.1) is 0 Å². The zero-order valence-corrected chi connectivity index (χ0v) is 10.6. The van der Waals surface area contributed by atoms with E-state index in [1.54, 1.807) is 24.3 Å². The molecular formula is C15H14O4. The average Bonchev–Trinajstić information content (AvgIpc) is 3.02.